The molecule has 1 aromatic heterocycles. The first-order valence-electron chi connectivity index (χ1n) is 6.72. The van der Waals surface area contributed by atoms with Gasteiger partial charge in [0.15, 0.2) is 0 Å². The molecule has 116 valence electrons. The number of rotatable bonds is 6. The summed E-state index contributed by atoms with van der Waals surface area (Å²) in [7, 11) is -3.66. The molecule has 0 bridgehead atoms. The zero-order chi connectivity index (χ0) is 16.2. The van der Waals surface area contributed by atoms with E-state index in [1.165, 1.54) is 11.3 Å². The Bertz CT molecular complexity index is 774. The summed E-state index contributed by atoms with van der Waals surface area (Å²) in [6, 6.07) is 10.5. The van der Waals surface area contributed by atoms with E-state index in [-0.39, 0.29) is 4.90 Å². The predicted octanol–water partition coefficient (Wildman–Crippen LogP) is 3.71. The van der Waals surface area contributed by atoms with Crippen molar-refractivity contribution in [2.75, 3.05) is 0 Å². The first-order chi connectivity index (χ1) is 10.4. The molecule has 0 spiro atoms. The van der Waals surface area contributed by atoms with Crippen LogP contribution in [-0.4, -0.2) is 14.1 Å². The lowest BCUT2D eigenvalue weighted by Gasteiger charge is -2.07. The van der Waals surface area contributed by atoms with E-state index in [2.05, 4.69) is 16.5 Å². The molecule has 0 aliphatic heterocycles. The second kappa shape index (κ2) is 6.89. The van der Waals surface area contributed by atoms with E-state index in [0.29, 0.717) is 12.1 Å². The van der Waals surface area contributed by atoms with Gasteiger partial charge in [-0.2, -0.15) is 18.4 Å². The minimum absolute atomic E-state index is 0.197. The van der Waals surface area contributed by atoms with Gasteiger partial charge in [0.05, 0.1) is 15.5 Å². The number of nitrogens with one attached hydrogen (secondary N) is 1. The van der Waals surface area contributed by atoms with Gasteiger partial charge in [-0.3, -0.25) is 0 Å². The fourth-order valence-electron chi connectivity index (χ4n) is 1.80. The maximum absolute atomic E-state index is 12.3. The van der Waals surface area contributed by atoms with Crippen molar-refractivity contribution in [3.63, 3.8) is 0 Å². The zero-order valence-corrected chi connectivity index (χ0v) is 14.2. The van der Waals surface area contributed by atoms with Gasteiger partial charge < -0.3 is 0 Å². The van der Waals surface area contributed by atoms with Crippen molar-refractivity contribution >= 4 is 27.1 Å². The van der Waals surface area contributed by atoms with Crippen molar-refractivity contribution in [1.29, 1.82) is 0 Å². The summed E-state index contributed by atoms with van der Waals surface area (Å²) in [6.45, 7) is 7.66. The highest BCUT2D eigenvalue weighted by atomic mass is 32.2. The molecule has 2 aromatic rings. The van der Waals surface area contributed by atoms with Crippen molar-refractivity contribution in [2.45, 2.75) is 25.2 Å². The molecule has 22 heavy (non-hydrogen) atoms. The summed E-state index contributed by atoms with van der Waals surface area (Å²) in [5.74, 6) is 0. The average molecular weight is 334 g/mol. The Morgan fingerprint density at radius 1 is 1.27 bits per heavy atom. The summed E-state index contributed by atoms with van der Waals surface area (Å²) < 4.78 is 24.5. The standard InChI is InChI=1S/C16H18N2O2S2/c1-12(2)11-15(16-5-4-10-21-16)17-18-22(19,20)14-8-6-13(3)7-9-14/h4-10,18H,1,11H2,2-3H3/b17-15+. The Morgan fingerprint density at radius 2 is 1.95 bits per heavy atom. The summed E-state index contributed by atoms with van der Waals surface area (Å²) in [5.41, 5.74) is 2.59. The lowest BCUT2D eigenvalue weighted by atomic mass is 10.1. The van der Waals surface area contributed by atoms with E-state index >= 15 is 0 Å². The Hall–Kier alpha value is -1.92. The average Bonchev–Trinajstić information content (AvgIpc) is 2.97. The molecule has 0 unspecified atom stereocenters. The largest absolute Gasteiger partial charge is 0.276 e. The second-order valence-electron chi connectivity index (χ2n) is 5.08. The molecule has 0 radical (unpaired) electrons. The van der Waals surface area contributed by atoms with E-state index in [9.17, 15) is 8.42 Å². The quantitative estimate of drug-likeness (QED) is 0.497. The molecule has 2 rings (SSSR count). The first kappa shape index (κ1) is 16.5. The molecule has 0 saturated heterocycles. The summed E-state index contributed by atoms with van der Waals surface area (Å²) in [6.07, 6.45) is 0.525. The number of hydrogen-bond donors (Lipinski definition) is 1. The summed E-state index contributed by atoms with van der Waals surface area (Å²) >= 11 is 1.51. The Balaban J connectivity index is 2.26. The highest BCUT2D eigenvalue weighted by molar-refractivity contribution is 7.89. The minimum atomic E-state index is -3.66. The van der Waals surface area contributed by atoms with E-state index < -0.39 is 10.0 Å². The van der Waals surface area contributed by atoms with Gasteiger partial charge in [-0.05, 0) is 37.4 Å². The molecule has 0 aliphatic rings. The lowest BCUT2D eigenvalue weighted by molar-refractivity contribution is 0.584. The van der Waals surface area contributed by atoms with E-state index in [1.54, 1.807) is 24.3 Å². The molecule has 1 N–H and O–H groups in total. The van der Waals surface area contributed by atoms with Crippen LogP contribution >= 0.6 is 11.3 Å². The van der Waals surface area contributed by atoms with Gasteiger partial charge in [0.2, 0.25) is 0 Å². The highest BCUT2D eigenvalue weighted by Crippen LogP contribution is 2.16. The Morgan fingerprint density at radius 3 is 2.50 bits per heavy atom. The Labute approximate surface area is 135 Å². The van der Waals surface area contributed by atoms with Crippen molar-refractivity contribution in [2.24, 2.45) is 5.10 Å². The van der Waals surface area contributed by atoms with Crippen LogP contribution in [0.25, 0.3) is 0 Å². The zero-order valence-electron chi connectivity index (χ0n) is 12.5. The maximum Gasteiger partial charge on any atom is 0.276 e. The highest BCUT2D eigenvalue weighted by Gasteiger charge is 2.14. The van der Waals surface area contributed by atoms with Crippen LogP contribution in [0.4, 0.5) is 0 Å². The van der Waals surface area contributed by atoms with Gasteiger partial charge in [0, 0.05) is 6.42 Å². The van der Waals surface area contributed by atoms with E-state index in [1.807, 2.05) is 31.4 Å². The van der Waals surface area contributed by atoms with Crippen molar-refractivity contribution in [1.82, 2.24) is 4.83 Å². The third kappa shape index (κ3) is 4.29. The number of sulfonamides is 1. The topological polar surface area (TPSA) is 58.5 Å². The fraction of sp³-hybridized carbons (Fsp3) is 0.188. The van der Waals surface area contributed by atoms with E-state index in [0.717, 1.165) is 16.0 Å². The molecule has 1 aromatic carbocycles. The smallest absolute Gasteiger partial charge is 0.200 e. The fourth-order valence-corrected chi connectivity index (χ4v) is 3.34. The van der Waals surface area contributed by atoms with Crippen LogP contribution in [0.1, 0.15) is 23.8 Å². The normalized spacial score (nSPS) is 12.2. The number of benzene rings is 1. The summed E-state index contributed by atoms with van der Waals surface area (Å²) in [5, 5.41) is 6.03. The van der Waals surface area contributed by atoms with Gasteiger partial charge in [-0.1, -0.05) is 35.9 Å². The number of nitrogens with zero attached hydrogens (tertiary/aromatic N) is 1. The SMILES string of the molecule is C=C(C)C/C(=N\NS(=O)(=O)c1ccc(C)cc1)c1cccs1. The monoisotopic (exact) mass is 334 g/mol. The van der Waals surface area contributed by atoms with Gasteiger partial charge in [0.1, 0.15) is 0 Å². The second-order valence-corrected chi connectivity index (χ2v) is 7.69. The number of allylic oxidation sites excluding steroid dienone is 1. The lowest BCUT2D eigenvalue weighted by Crippen LogP contribution is -2.20. The van der Waals surface area contributed by atoms with Crippen LogP contribution in [0.5, 0.6) is 0 Å². The number of hydrazone groups is 1. The molecule has 0 aliphatic carbocycles. The van der Waals surface area contributed by atoms with Crippen LogP contribution in [-0.2, 0) is 10.0 Å². The number of thiophene rings is 1. The predicted molar refractivity (Wildman–Crippen MR) is 91.8 cm³/mol. The molecule has 4 nitrogen and oxygen atoms in total. The van der Waals surface area contributed by atoms with Crippen LogP contribution in [0.15, 0.2) is 63.9 Å². The molecule has 1 heterocycles. The van der Waals surface area contributed by atoms with Crippen LogP contribution in [0.2, 0.25) is 0 Å². The van der Waals surface area contributed by atoms with E-state index in [4.69, 9.17) is 0 Å². The van der Waals surface area contributed by atoms with Crippen molar-refractivity contribution in [3.8, 4) is 0 Å². The molecule has 0 fully saturated rings. The van der Waals surface area contributed by atoms with Crippen LogP contribution in [0.3, 0.4) is 0 Å². The van der Waals surface area contributed by atoms with Crippen molar-refractivity contribution < 1.29 is 8.42 Å². The van der Waals surface area contributed by atoms with Crippen LogP contribution in [0, 0.1) is 6.92 Å². The molecule has 0 amide bonds. The summed E-state index contributed by atoms with van der Waals surface area (Å²) in [4.78, 5) is 3.44. The van der Waals surface area contributed by atoms with Gasteiger partial charge in [-0.25, -0.2) is 0 Å². The third-order valence-corrected chi connectivity index (χ3v) is 5.05. The van der Waals surface area contributed by atoms with Crippen molar-refractivity contribution in [3.05, 3.63) is 64.4 Å². The van der Waals surface area contributed by atoms with Gasteiger partial charge in [-0.15, -0.1) is 11.3 Å². The Kier molecular flexibility index (Phi) is 5.15. The van der Waals surface area contributed by atoms with Crippen LogP contribution < -0.4 is 4.83 Å². The third-order valence-electron chi connectivity index (χ3n) is 2.91. The van der Waals surface area contributed by atoms with Gasteiger partial charge in [0.25, 0.3) is 10.0 Å². The minimum Gasteiger partial charge on any atom is -0.200 e. The molecular formula is C16H18N2O2S2. The van der Waals surface area contributed by atoms with Gasteiger partial charge >= 0.3 is 0 Å². The maximum atomic E-state index is 12.3. The first-order valence-corrected chi connectivity index (χ1v) is 9.08. The molecule has 0 saturated carbocycles. The molecule has 6 heteroatoms. The molecular weight excluding hydrogens is 316 g/mol. The molecule has 0 atom stereocenters. The number of aryl methyl sites for hydroxylation is 1. The number of hydrogen-bond acceptors (Lipinski definition) is 4.